The minimum absolute atomic E-state index is 0.321. The second-order valence-corrected chi connectivity index (χ2v) is 2.85. The van der Waals surface area contributed by atoms with Gasteiger partial charge in [-0.25, -0.2) is 0 Å². The van der Waals surface area contributed by atoms with Crippen LogP contribution in [0.4, 0.5) is 0 Å². The Morgan fingerprint density at radius 3 is 2.56 bits per heavy atom. The Labute approximate surface area is 70.6 Å². The Morgan fingerprint density at radius 2 is 2.22 bits per heavy atom. The topological polar surface area (TPSA) is 50.4 Å². The number of hydrazone groups is 1. The van der Waals surface area contributed by atoms with Gasteiger partial charge >= 0.3 is 0 Å². The van der Waals surface area contributed by atoms with E-state index in [1.165, 1.54) is 0 Å². The smallest absolute Gasteiger partial charge is 0.187 e. The maximum Gasteiger partial charge on any atom is 0.187 e. The molecule has 0 aromatic heterocycles. The number of halogens is 2. The second-order valence-electron chi connectivity index (χ2n) is 1.18. The Hall–Kier alpha value is -0.0300. The van der Waals surface area contributed by atoms with E-state index in [2.05, 4.69) is 42.4 Å². The van der Waals surface area contributed by atoms with Crippen LogP contribution in [-0.2, 0) is 0 Å². The Bertz CT molecular complexity index is 137. The predicted molar refractivity (Wildman–Crippen MR) is 46.4 cm³/mol. The van der Waals surface area contributed by atoms with E-state index in [1.54, 1.807) is 0 Å². The van der Waals surface area contributed by atoms with Crippen molar-refractivity contribution in [2.45, 2.75) is 6.92 Å². The van der Waals surface area contributed by atoms with Crippen molar-refractivity contribution in [2.24, 2.45) is 10.8 Å². The molecule has 0 aliphatic heterocycles. The number of hydrogen-bond acceptors (Lipinski definition) is 2. The van der Waals surface area contributed by atoms with E-state index in [0.29, 0.717) is 4.74 Å². The highest BCUT2D eigenvalue weighted by molar-refractivity contribution is 9.18. The molecule has 0 spiro atoms. The Kier molecular flexibility index (Phi) is 4.80. The van der Waals surface area contributed by atoms with Crippen molar-refractivity contribution in [1.82, 2.24) is 5.43 Å². The van der Waals surface area contributed by atoms with E-state index >= 15 is 0 Å². The lowest BCUT2D eigenvalue weighted by molar-refractivity contribution is 0.954. The third kappa shape index (κ3) is 5.85. The van der Waals surface area contributed by atoms with E-state index in [1.807, 2.05) is 13.0 Å². The summed E-state index contributed by atoms with van der Waals surface area (Å²) < 4.78 is 1.10. The number of rotatable bonds is 2. The average Bonchev–Trinajstić information content (AvgIpc) is 1.83. The lowest BCUT2D eigenvalue weighted by atomic mass is 10.7. The first-order valence-corrected chi connectivity index (χ1v) is 3.82. The van der Waals surface area contributed by atoms with Gasteiger partial charge in [0.15, 0.2) is 4.74 Å². The third-order valence-corrected chi connectivity index (χ3v) is 1.34. The van der Waals surface area contributed by atoms with Gasteiger partial charge in [-0.3, -0.25) is 5.43 Å². The minimum atomic E-state index is 0.321. The van der Waals surface area contributed by atoms with Crippen LogP contribution in [0.5, 0.6) is 0 Å². The number of allylic oxidation sites excluding steroid dienone is 1. The third-order valence-electron chi connectivity index (χ3n) is 0.523. The number of nitrogens with zero attached hydrogens (tertiary/aromatic N) is 1. The molecule has 5 heteroatoms. The number of nitrogens with two attached hydrogens (primary N) is 1. The zero-order valence-electron chi connectivity index (χ0n) is 4.86. The molecular formula is C4H7Br2N3. The molecule has 3 N–H and O–H groups in total. The van der Waals surface area contributed by atoms with Gasteiger partial charge in [0, 0.05) is 0 Å². The molecule has 0 radical (unpaired) electrons. The fourth-order valence-electron chi connectivity index (χ4n) is 0.171. The fourth-order valence-corrected chi connectivity index (χ4v) is 0.349. The molecule has 0 atom stereocenters. The second kappa shape index (κ2) is 4.81. The molecule has 0 unspecified atom stereocenters. The van der Waals surface area contributed by atoms with E-state index < -0.39 is 0 Å². The summed E-state index contributed by atoms with van der Waals surface area (Å²) in [6.07, 6.45) is 1.82. The molecule has 0 heterocycles. The van der Waals surface area contributed by atoms with Crippen molar-refractivity contribution >= 4 is 36.6 Å². The first kappa shape index (κ1) is 8.97. The standard InChI is InChI=1S/C4H7Br2N3/c1-2-3(5)8-9-4(6)7/h2,8H,1H3,(H2,7,9)/b3-2-. The van der Waals surface area contributed by atoms with Gasteiger partial charge in [0.05, 0.1) is 4.61 Å². The molecule has 52 valence electrons. The van der Waals surface area contributed by atoms with Crippen LogP contribution < -0.4 is 11.2 Å². The summed E-state index contributed by atoms with van der Waals surface area (Å²) >= 11 is 6.12. The first-order chi connectivity index (χ1) is 4.16. The lowest BCUT2D eigenvalue weighted by Crippen LogP contribution is -2.08. The highest BCUT2D eigenvalue weighted by Crippen LogP contribution is 1.97. The molecular weight excluding hydrogens is 250 g/mol. The van der Waals surface area contributed by atoms with Gasteiger partial charge < -0.3 is 5.73 Å². The van der Waals surface area contributed by atoms with Gasteiger partial charge in [0.1, 0.15) is 0 Å². The van der Waals surface area contributed by atoms with Crippen LogP contribution in [0.1, 0.15) is 6.92 Å². The van der Waals surface area contributed by atoms with Crippen molar-refractivity contribution in [1.29, 1.82) is 0 Å². The van der Waals surface area contributed by atoms with E-state index in [9.17, 15) is 0 Å². The van der Waals surface area contributed by atoms with Crippen LogP contribution in [0.25, 0.3) is 0 Å². The van der Waals surface area contributed by atoms with Crippen LogP contribution in [0.2, 0.25) is 0 Å². The molecule has 0 aliphatic rings. The molecule has 0 aromatic rings. The van der Waals surface area contributed by atoms with Crippen molar-refractivity contribution in [3.63, 3.8) is 0 Å². The van der Waals surface area contributed by atoms with Gasteiger partial charge in [0.25, 0.3) is 0 Å². The van der Waals surface area contributed by atoms with Gasteiger partial charge in [-0.15, -0.1) is 5.10 Å². The van der Waals surface area contributed by atoms with Crippen molar-refractivity contribution in [3.05, 3.63) is 10.7 Å². The summed E-state index contributed by atoms with van der Waals surface area (Å²) in [5.74, 6) is 0. The highest BCUT2D eigenvalue weighted by atomic mass is 79.9. The van der Waals surface area contributed by atoms with Gasteiger partial charge in [-0.1, -0.05) is 6.08 Å². The van der Waals surface area contributed by atoms with E-state index in [-0.39, 0.29) is 0 Å². The minimum Gasteiger partial charge on any atom is -0.376 e. The number of hydrogen-bond donors (Lipinski definition) is 2. The maximum atomic E-state index is 5.15. The Balaban J connectivity index is 3.64. The summed E-state index contributed by atoms with van der Waals surface area (Å²) in [7, 11) is 0. The van der Waals surface area contributed by atoms with Crippen LogP contribution in [0.15, 0.2) is 15.8 Å². The summed E-state index contributed by atoms with van der Waals surface area (Å²) in [5, 5.41) is 3.64. The summed E-state index contributed by atoms with van der Waals surface area (Å²) in [4.78, 5) is 0. The average molecular weight is 257 g/mol. The molecule has 3 nitrogen and oxygen atoms in total. The number of amidine groups is 1. The van der Waals surface area contributed by atoms with E-state index in [0.717, 1.165) is 4.61 Å². The molecule has 0 fully saturated rings. The highest BCUT2D eigenvalue weighted by Gasteiger charge is 1.82. The molecule has 0 bridgehead atoms. The molecule has 0 rings (SSSR count). The molecule has 0 amide bonds. The monoisotopic (exact) mass is 255 g/mol. The van der Waals surface area contributed by atoms with Crippen molar-refractivity contribution in [2.75, 3.05) is 0 Å². The predicted octanol–water partition coefficient (Wildman–Crippen LogP) is 1.46. The molecule has 0 saturated carbocycles. The summed E-state index contributed by atoms with van der Waals surface area (Å²) in [6, 6.07) is 0. The number of nitrogens with one attached hydrogen (secondary N) is 1. The molecule has 0 aromatic carbocycles. The first-order valence-electron chi connectivity index (χ1n) is 2.23. The SMILES string of the molecule is C/C=C(/Br)N/N=C(\N)Br. The maximum absolute atomic E-state index is 5.15. The molecule has 0 saturated heterocycles. The fraction of sp³-hybridized carbons (Fsp3) is 0.250. The molecule has 0 aliphatic carbocycles. The van der Waals surface area contributed by atoms with Crippen molar-refractivity contribution in [3.8, 4) is 0 Å². The van der Waals surface area contributed by atoms with Gasteiger partial charge in [-0.2, -0.15) is 0 Å². The normalized spacial score (nSPS) is 13.7. The quantitative estimate of drug-likeness (QED) is 0.340. The summed E-state index contributed by atoms with van der Waals surface area (Å²) in [6.45, 7) is 1.87. The largest absolute Gasteiger partial charge is 0.376 e. The zero-order chi connectivity index (χ0) is 7.28. The molecule has 9 heavy (non-hydrogen) atoms. The van der Waals surface area contributed by atoms with E-state index in [4.69, 9.17) is 5.73 Å². The van der Waals surface area contributed by atoms with Crippen LogP contribution >= 0.6 is 31.9 Å². The summed E-state index contributed by atoms with van der Waals surface area (Å²) in [5.41, 5.74) is 7.78. The van der Waals surface area contributed by atoms with Crippen LogP contribution in [0, 0.1) is 0 Å². The lowest BCUT2D eigenvalue weighted by Gasteiger charge is -1.94. The van der Waals surface area contributed by atoms with Crippen LogP contribution in [-0.4, -0.2) is 4.74 Å². The van der Waals surface area contributed by atoms with Gasteiger partial charge in [-0.05, 0) is 38.8 Å². The zero-order valence-corrected chi connectivity index (χ0v) is 8.03. The van der Waals surface area contributed by atoms with Gasteiger partial charge in [0.2, 0.25) is 0 Å². The Morgan fingerprint density at radius 1 is 1.67 bits per heavy atom. The van der Waals surface area contributed by atoms with Crippen molar-refractivity contribution < 1.29 is 0 Å². The van der Waals surface area contributed by atoms with Crippen LogP contribution in [0.3, 0.4) is 0 Å².